The first kappa shape index (κ1) is 13.2. The molecule has 90 valence electrons. The Morgan fingerprint density at radius 3 is 2.75 bits per heavy atom. The van der Waals surface area contributed by atoms with Crippen molar-refractivity contribution in [1.29, 1.82) is 0 Å². The van der Waals surface area contributed by atoms with Crippen molar-refractivity contribution in [2.24, 2.45) is 0 Å². The van der Waals surface area contributed by atoms with Crippen LogP contribution in [0.5, 0.6) is 5.75 Å². The van der Waals surface area contributed by atoms with Crippen LogP contribution in [0.2, 0.25) is 0 Å². The summed E-state index contributed by atoms with van der Waals surface area (Å²) in [6.07, 6.45) is 0.868. The molecule has 0 aliphatic heterocycles. The number of rotatable bonds is 7. The standard InChI is InChI=1S/C11H17O4P/c1-14-7-8-15-11-5-3-2-4-10(11)6-9-16(12)13/h2-5,16H,6-9H2,1H3,(H,12,13). The van der Waals surface area contributed by atoms with E-state index < -0.39 is 8.03 Å². The van der Waals surface area contributed by atoms with E-state index in [1.807, 2.05) is 24.3 Å². The van der Waals surface area contributed by atoms with Gasteiger partial charge in [-0.15, -0.1) is 0 Å². The molecule has 0 heterocycles. The van der Waals surface area contributed by atoms with Gasteiger partial charge in [0.05, 0.1) is 6.61 Å². The lowest BCUT2D eigenvalue weighted by molar-refractivity contribution is 0.146. The van der Waals surface area contributed by atoms with E-state index in [0.29, 0.717) is 25.8 Å². The third kappa shape index (κ3) is 4.79. The van der Waals surface area contributed by atoms with Crippen LogP contribution in [0.4, 0.5) is 0 Å². The summed E-state index contributed by atoms with van der Waals surface area (Å²) in [7, 11) is -0.785. The predicted octanol–water partition coefficient (Wildman–Crippen LogP) is 1.72. The van der Waals surface area contributed by atoms with Gasteiger partial charge in [-0.25, -0.2) is 0 Å². The van der Waals surface area contributed by atoms with E-state index in [2.05, 4.69) is 0 Å². The van der Waals surface area contributed by atoms with Crippen LogP contribution < -0.4 is 4.74 Å². The lowest BCUT2D eigenvalue weighted by Crippen LogP contribution is -2.06. The summed E-state index contributed by atoms with van der Waals surface area (Å²) in [6, 6.07) is 7.55. The molecule has 0 radical (unpaired) electrons. The molecule has 0 amide bonds. The smallest absolute Gasteiger partial charge is 0.189 e. The van der Waals surface area contributed by atoms with Crippen LogP contribution >= 0.6 is 8.03 Å². The number of ether oxygens (including phenoxy) is 2. The molecule has 5 heteroatoms. The quantitative estimate of drug-likeness (QED) is 0.586. The highest BCUT2D eigenvalue weighted by molar-refractivity contribution is 7.37. The highest BCUT2D eigenvalue weighted by atomic mass is 31.1. The summed E-state index contributed by atoms with van der Waals surface area (Å²) < 4.78 is 21.1. The molecule has 0 bridgehead atoms. The second-order valence-electron chi connectivity index (χ2n) is 3.34. The van der Waals surface area contributed by atoms with Gasteiger partial charge in [0.15, 0.2) is 8.03 Å². The normalized spacial score (nSPS) is 12.4. The summed E-state index contributed by atoms with van der Waals surface area (Å²) in [6.45, 7) is 1.02. The Kier molecular flexibility index (Phi) is 6.16. The van der Waals surface area contributed by atoms with Gasteiger partial charge in [-0.2, -0.15) is 0 Å². The van der Waals surface area contributed by atoms with Crippen molar-refractivity contribution in [1.82, 2.24) is 0 Å². The molecule has 1 N–H and O–H groups in total. The van der Waals surface area contributed by atoms with Gasteiger partial charge in [0.2, 0.25) is 0 Å². The fourth-order valence-electron chi connectivity index (χ4n) is 1.33. The Bertz CT molecular complexity index is 341. The van der Waals surface area contributed by atoms with E-state index in [9.17, 15) is 4.57 Å². The fourth-order valence-corrected chi connectivity index (χ4v) is 1.81. The van der Waals surface area contributed by atoms with Crippen molar-refractivity contribution >= 4 is 8.03 Å². The van der Waals surface area contributed by atoms with E-state index in [1.54, 1.807) is 7.11 Å². The maximum absolute atomic E-state index is 10.7. The van der Waals surface area contributed by atoms with E-state index in [1.165, 1.54) is 0 Å². The van der Waals surface area contributed by atoms with Gasteiger partial charge >= 0.3 is 0 Å². The van der Waals surface area contributed by atoms with Gasteiger partial charge in [0, 0.05) is 13.3 Å². The van der Waals surface area contributed by atoms with Crippen molar-refractivity contribution in [3.8, 4) is 5.75 Å². The van der Waals surface area contributed by atoms with Crippen LogP contribution in [0.3, 0.4) is 0 Å². The van der Waals surface area contributed by atoms with E-state index in [0.717, 1.165) is 11.3 Å². The molecule has 0 spiro atoms. The predicted molar refractivity (Wildman–Crippen MR) is 63.6 cm³/mol. The molecule has 1 atom stereocenters. The van der Waals surface area contributed by atoms with E-state index in [4.69, 9.17) is 14.4 Å². The number of methoxy groups -OCH3 is 1. The largest absolute Gasteiger partial charge is 0.491 e. The van der Waals surface area contributed by atoms with Crippen LogP contribution in [-0.2, 0) is 15.7 Å². The molecular weight excluding hydrogens is 227 g/mol. The molecule has 0 fully saturated rings. The summed E-state index contributed by atoms with van der Waals surface area (Å²) >= 11 is 0. The third-order valence-electron chi connectivity index (χ3n) is 2.13. The lowest BCUT2D eigenvalue weighted by atomic mass is 10.1. The number of aryl methyl sites for hydroxylation is 1. The van der Waals surface area contributed by atoms with Crippen molar-refractivity contribution in [3.63, 3.8) is 0 Å². The SMILES string of the molecule is COCCOc1ccccc1CC[PH](=O)O. The molecule has 0 aliphatic carbocycles. The molecule has 0 aliphatic rings. The second-order valence-corrected chi connectivity index (χ2v) is 4.63. The first-order valence-electron chi connectivity index (χ1n) is 5.15. The first-order valence-corrected chi connectivity index (χ1v) is 6.71. The molecule has 1 rings (SSSR count). The molecule has 0 saturated carbocycles. The van der Waals surface area contributed by atoms with Crippen molar-refractivity contribution in [2.45, 2.75) is 6.42 Å². The molecule has 1 unspecified atom stereocenters. The molecule has 4 nitrogen and oxygen atoms in total. The molecule has 0 aromatic heterocycles. The Hall–Kier alpha value is -0.830. The molecule has 16 heavy (non-hydrogen) atoms. The Morgan fingerprint density at radius 2 is 2.06 bits per heavy atom. The minimum absolute atomic E-state index is 0.301. The number of para-hydroxylation sites is 1. The van der Waals surface area contributed by atoms with Gasteiger partial charge in [0.1, 0.15) is 12.4 Å². The van der Waals surface area contributed by atoms with Gasteiger partial charge < -0.3 is 14.4 Å². The van der Waals surface area contributed by atoms with Crippen molar-refractivity contribution in [3.05, 3.63) is 29.8 Å². The average Bonchev–Trinajstić information content (AvgIpc) is 2.28. The highest BCUT2D eigenvalue weighted by Crippen LogP contribution is 2.22. The van der Waals surface area contributed by atoms with Crippen LogP contribution in [0.25, 0.3) is 0 Å². The minimum atomic E-state index is -2.40. The summed E-state index contributed by atoms with van der Waals surface area (Å²) in [5.41, 5.74) is 0.964. The third-order valence-corrected chi connectivity index (χ3v) is 2.80. The van der Waals surface area contributed by atoms with Crippen LogP contribution in [0, 0.1) is 0 Å². The van der Waals surface area contributed by atoms with Crippen LogP contribution in [-0.4, -0.2) is 31.4 Å². The number of hydrogen-bond donors (Lipinski definition) is 1. The molecular formula is C11H17O4P. The minimum Gasteiger partial charge on any atom is -0.491 e. The topological polar surface area (TPSA) is 55.8 Å². The monoisotopic (exact) mass is 244 g/mol. The Balaban J connectivity index is 2.56. The Morgan fingerprint density at radius 1 is 1.31 bits per heavy atom. The van der Waals surface area contributed by atoms with E-state index in [-0.39, 0.29) is 0 Å². The summed E-state index contributed by atoms with van der Waals surface area (Å²) in [5.74, 6) is 0.766. The van der Waals surface area contributed by atoms with Crippen molar-refractivity contribution < 1.29 is 18.9 Å². The number of hydrogen-bond acceptors (Lipinski definition) is 3. The maximum atomic E-state index is 10.7. The average molecular weight is 244 g/mol. The zero-order chi connectivity index (χ0) is 11.8. The summed E-state index contributed by atoms with van der Waals surface area (Å²) in [5, 5.41) is 0. The van der Waals surface area contributed by atoms with Gasteiger partial charge in [-0.1, -0.05) is 18.2 Å². The Labute approximate surface area is 96.1 Å². The highest BCUT2D eigenvalue weighted by Gasteiger charge is 2.04. The van der Waals surface area contributed by atoms with Gasteiger partial charge in [0.25, 0.3) is 0 Å². The van der Waals surface area contributed by atoms with E-state index >= 15 is 0 Å². The van der Waals surface area contributed by atoms with Gasteiger partial charge in [-0.05, 0) is 18.1 Å². The molecule has 1 aromatic carbocycles. The fraction of sp³-hybridized carbons (Fsp3) is 0.455. The molecule has 0 saturated heterocycles. The zero-order valence-corrected chi connectivity index (χ0v) is 10.3. The summed E-state index contributed by atoms with van der Waals surface area (Å²) in [4.78, 5) is 8.80. The van der Waals surface area contributed by atoms with Crippen molar-refractivity contribution in [2.75, 3.05) is 26.5 Å². The van der Waals surface area contributed by atoms with Crippen LogP contribution in [0.1, 0.15) is 5.56 Å². The second kappa shape index (κ2) is 7.44. The lowest BCUT2D eigenvalue weighted by Gasteiger charge is -2.10. The number of benzene rings is 1. The maximum Gasteiger partial charge on any atom is 0.189 e. The van der Waals surface area contributed by atoms with Crippen LogP contribution in [0.15, 0.2) is 24.3 Å². The zero-order valence-electron chi connectivity index (χ0n) is 9.31. The molecule has 1 aromatic rings. The first-order chi connectivity index (χ1) is 7.74. The van der Waals surface area contributed by atoms with Gasteiger partial charge in [-0.3, -0.25) is 4.57 Å².